The van der Waals surface area contributed by atoms with Gasteiger partial charge in [-0.1, -0.05) is 40.5 Å². The highest BCUT2D eigenvalue weighted by Gasteiger charge is 2.23. The van der Waals surface area contributed by atoms with Crippen LogP contribution in [0.5, 0.6) is 0 Å². The molecule has 5 aromatic rings. The summed E-state index contributed by atoms with van der Waals surface area (Å²) in [7, 11) is 0. The molecular formula is C30H25Cl3F2N8. The Bertz CT molecular complexity index is 1800. The Morgan fingerprint density at radius 1 is 1.00 bits per heavy atom. The van der Waals surface area contributed by atoms with Crippen molar-refractivity contribution in [2.45, 2.75) is 24.9 Å². The summed E-state index contributed by atoms with van der Waals surface area (Å²) >= 11 is 12.7. The van der Waals surface area contributed by atoms with Crippen molar-refractivity contribution in [3.8, 4) is 6.07 Å². The zero-order valence-corrected chi connectivity index (χ0v) is 24.8. The predicted molar refractivity (Wildman–Crippen MR) is 166 cm³/mol. The average Bonchev–Trinajstić information content (AvgIpc) is 3.49. The lowest BCUT2D eigenvalue weighted by Crippen LogP contribution is -2.29. The highest BCUT2D eigenvalue weighted by molar-refractivity contribution is 6.36. The summed E-state index contributed by atoms with van der Waals surface area (Å²) in [5, 5.41) is 29.6. The van der Waals surface area contributed by atoms with Crippen molar-refractivity contribution >= 4 is 63.6 Å². The molecule has 1 atom stereocenters. The first-order valence-electron chi connectivity index (χ1n) is 13.3. The van der Waals surface area contributed by atoms with Gasteiger partial charge in [0.1, 0.15) is 23.4 Å². The minimum atomic E-state index is -0.555. The van der Waals surface area contributed by atoms with Crippen LogP contribution in [0.3, 0.4) is 0 Å². The van der Waals surface area contributed by atoms with Crippen LogP contribution in [0.2, 0.25) is 10.0 Å². The number of nitrogens with one attached hydrogen (secondary N) is 3. The topological polar surface area (TPSA) is 103 Å². The molecule has 1 saturated heterocycles. The summed E-state index contributed by atoms with van der Waals surface area (Å²) in [5.41, 5.74) is 3.68. The lowest BCUT2D eigenvalue weighted by atomic mass is 10.0. The van der Waals surface area contributed by atoms with Crippen molar-refractivity contribution in [2.24, 2.45) is 0 Å². The van der Waals surface area contributed by atoms with Gasteiger partial charge in [0.25, 0.3) is 0 Å². The first-order valence-corrected chi connectivity index (χ1v) is 14.0. The number of piperidine rings is 1. The van der Waals surface area contributed by atoms with Crippen molar-refractivity contribution in [3.05, 3.63) is 105 Å². The Balaban J connectivity index is 0.00000368. The third-order valence-corrected chi connectivity index (χ3v) is 7.83. The first-order chi connectivity index (χ1) is 20.4. The van der Waals surface area contributed by atoms with Gasteiger partial charge in [-0.2, -0.15) is 5.26 Å². The summed E-state index contributed by atoms with van der Waals surface area (Å²) < 4.78 is 29.5. The number of rotatable bonds is 7. The molecular weight excluding hydrogens is 617 g/mol. The fraction of sp³-hybridized carbons (Fsp3) is 0.200. The Labute approximate surface area is 262 Å². The van der Waals surface area contributed by atoms with Crippen LogP contribution in [0, 0.1) is 23.0 Å². The number of benzene rings is 3. The van der Waals surface area contributed by atoms with Crippen molar-refractivity contribution in [3.63, 3.8) is 0 Å². The molecule has 0 aliphatic carbocycles. The molecule has 0 saturated carbocycles. The Kier molecular flexibility index (Phi) is 9.28. The van der Waals surface area contributed by atoms with Gasteiger partial charge in [0.15, 0.2) is 0 Å². The molecule has 8 nitrogen and oxygen atoms in total. The van der Waals surface area contributed by atoms with Crippen LogP contribution in [0.25, 0.3) is 10.9 Å². The zero-order chi connectivity index (χ0) is 29.2. The van der Waals surface area contributed by atoms with E-state index in [4.69, 9.17) is 23.2 Å². The van der Waals surface area contributed by atoms with E-state index in [2.05, 4.69) is 37.3 Å². The molecule has 13 heteroatoms. The third kappa shape index (κ3) is 6.50. The Hall–Kier alpha value is -4.01. The van der Waals surface area contributed by atoms with Gasteiger partial charge < -0.3 is 16.0 Å². The fourth-order valence-corrected chi connectivity index (χ4v) is 5.55. The second-order valence-corrected chi connectivity index (χ2v) is 10.8. The van der Waals surface area contributed by atoms with Crippen LogP contribution in [-0.4, -0.2) is 33.1 Å². The monoisotopic (exact) mass is 640 g/mol. The number of nitriles is 1. The summed E-state index contributed by atoms with van der Waals surface area (Å²) in [6, 6.07) is 15.8. The zero-order valence-electron chi connectivity index (χ0n) is 22.5. The van der Waals surface area contributed by atoms with E-state index in [1.165, 1.54) is 36.5 Å². The van der Waals surface area contributed by atoms with Crippen LogP contribution in [0.15, 0.2) is 67.0 Å². The number of anilines is 3. The number of aromatic nitrogens is 4. The Morgan fingerprint density at radius 2 is 1.74 bits per heavy atom. The number of nitrogens with zero attached hydrogens (tertiary/aromatic N) is 5. The van der Waals surface area contributed by atoms with Gasteiger partial charge in [-0.15, -0.1) is 17.5 Å². The van der Waals surface area contributed by atoms with Crippen LogP contribution in [0.1, 0.15) is 41.7 Å². The second-order valence-electron chi connectivity index (χ2n) is 10.0. The molecule has 2 aromatic heterocycles. The lowest BCUT2D eigenvalue weighted by Gasteiger charge is -2.22. The molecule has 220 valence electrons. The van der Waals surface area contributed by atoms with Gasteiger partial charge in [0.2, 0.25) is 0 Å². The molecule has 0 bridgehead atoms. The van der Waals surface area contributed by atoms with E-state index in [-0.39, 0.29) is 34.9 Å². The van der Waals surface area contributed by atoms with E-state index < -0.39 is 11.9 Å². The van der Waals surface area contributed by atoms with E-state index in [1.54, 1.807) is 18.2 Å². The molecule has 3 N–H and O–H groups in total. The largest absolute Gasteiger partial charge is 0.373 e. The normalized spacial score (nSPS) is 14.1. The van der Waals surface area contributed by atoms with Crippen LogP contribution in [-0.2, 0) is 0 Å². The average molecular weight is 642 g/mol. The molecule has 1 fully saturated rings. The second kappa shape index (κ2) is 13.1. The predicted octanol–water partition coefficient (Wildman–Crippen LogP) is 7.57. The maximum absolute atomic E-state index is 13.9. The Morgan fingerprint density at radius 3 is 2.47 bits per heavy atom. The summed E-state index contributed by atoms with van der Waals surface area (Å²) in [6.07, 6.45) is 5.23. The molecule has 3 heterocycles. The van der Waals surface area contributed by atoms with Crippen LogP contribution < -0.4 is 16.0 Å². The number of hydrogen-bond donors (Lipinski definition) is 3. The van der Waals surface area contributed by atoms with Crippen molar-refractivity contribution in [1.82, 2.24) is 25.3 Å². The highest BCUT2D eigenvalue weighted by Crippen LogP contribution is 2.37. The molecule has 0 amide bonds. The molecule has 43 heavy (non-hydrogen) atoms. The van der Waals surface area contributed by atoms with E-state index >= 15 is 0 Å². The SMILES string of the molecule is Cl.N#Cc1cnc2c(Cl)cc(NC(c3ccc(F)cc3)c3cn(C4CCNCC4)nn3)cc2c1Nc1ccc(F)c(Cl)c1. The summed E-state index contributed by atoms with van der Waals surface area (Å²) in [6.45, 7) is 1.82. The minimum Gasteiger partial charge on any atom is -0.373 e. The fourth-order valence-electron chi connectivity index (χ4n) is 5.10. The van der Waals surface area contributed by atoms with E-state index in [1.807, 2.05) is 16.9 Å². The number of fused-ring (bicyclic) bond motifs is 1. The van der Waals surface area contributed by atoms with Gasteiger partial charge in [-0.05, 0) is 74.0 Å². The molecule has 0 radical (unpaired) electrons. The smallest absolute Gasteiger partial charge is 0.141 e. The molecule has 1 aliphatic rings. The maximum atomic E-state index is 13.9. The third-order valence-electron chi connectivity index (χ3n) is 7.26. The van der Waals surface area contributed by atoms with Crippen molar-refractivity contribution < 1.29 is 8.78 Å². The summed E-state index contributed by atoms with van der Waals surface area (Å²) in [4.78, 5) is 4.41. The molecule has 1 aliphatic heterocycles. The number of halogens is 5. The standard InChI is InChI=1S/C30H24Cl2F2N8.ClH/c31-24-12-20(5-6-26(24)34)38-28-18(14-35)15-37-30-23(28)11-21(13-25(30)32)39-29(17-1-3-19(33)4-2-17)27-16-42(41-40-27)22-7-9-36-10-8-22;/h1-6,11-13,15-16,22,29,36,39H,7-10H2,(H,37,38);1H. The van der Waals surface area contributed by atoms with Gasteiger partial charge in [0.05, 0.1) is 45.1 Å². The van der Waals surface area contributed by atoms with Crippen LogP contribution in [0.4, 0.5) is 25.8 Å². The van der Waals surface area contributed by atoms with Gasteiger partial charge in [-0.3, -0.25) is 4.98 Å². The van der Waals surface area contributed by atoms with Crippen molar-refractivity contribution in [2.75, 3.05) is 23.7 Å². The molecule has 3 aromatic carbocycles. The molecule has 1 unspecified atom stereocenters. The van der Waals surface area contributed by atoms with Gasteiger partial charge in [0, 0.05) is 23.0 Å². The lowest BCUT2D eigenvalue weighted by molar-refractivity contribution is 0.337. The van der Waals surface area contributed by atoms with Gasteiger partial charge in [-0.25, -0.2) is 13.5 Å². The number of pyridine rings is 1. The van der Waals surface area contributed by atoms with E-state index in [0.717, 1.165) is 31.5 Å². The van der Waals surface area contributed by atoms with Crippen LogP contribution >= 0.6 is 35.6 Å². The summed E-state index contributed by atoms with van der Waals surface area (Å²) in [5.74, 6) is -0.905. The molecule has 0 spiro atoms. The minimum absolute atomic E-state index is 0. The number of hydrogen-bond acceptors (Lipinski definition) is 7. The van der Waals surface area contributed by atoms with E-state index in [9.17, 15) is 14.0 Å². The van der Waals surface area contributed by atoms with E-state index in [0.29, 0.717) is 38.7 Å². The molecule has 6 rings (SSSR count). The van der Waals surface area contributed by atoms with Gasteiger partial charge >= 0.3 is 0 Å². The van der Waals surface area contributed by atoms with Crippen molar-refractivity contribution in [1.29, 1.82) is 5.26 Å². The quantitative estimate of drug-likeness (QED) is 0.168. The first kappa shape index (κ1) is 30.4. The highest BCUT2D eigenvalue weighted by atomic mass is 35.5. The maximum Gasteiger partial charge on any atom is 0.141 e.